The Hall–Kier alpha value is -1.19. The minimum Gasteiger partial charge on any atom is -0.462 e. The maximum atomic E-state index is 13.5. The van der Waals surface area contributed by atoms with Gasteiger partial charge in [-0.2, -0.15) is 0 Å². The summed E-state index contributed by atoms with van der Waals surface area (Å²) in [7, 11) is 7.55. The van der Waals surface area contributed by atoms with Gasteiger partial charge in [0.1, 0.15) is 12.2 Å². The molecule has 0 N–H and O–H groups in total. The fraction of sp³-hybridized carbons (Fsp3) is 0.918. The number of nitrogens with zero attached hydrogens (tertiary/aromatic N) is 2. The van der Waals surface area contributed by atoms with E-state index in [4.69, 9.17) is 9.47 Å². The molecule has 0 aromatic carbocycles. The standard InChI is InChI=1S/C61H110N2O5S2/c1-10-12-14-16-18-21-29-51(30-22-19-17-15-13-11-2)67-59(66)39-46-70-69-45-38-57(64)63(44-26-42-62(8)9)43-24-20-23-31-58(65)68-52-36-40-60(6)50(47-52)32-33-53-55-35-34-54(49(5)28-25-27-48(3)4)61(55,7)41-37-56(53)60/h32,48-49,51-56H,10-31,33-47H2,1-9H3. The van der Waals surface area contributed by atoms with Crippen LogP contribution in [0.5, 0.6) is 0 Å². The van der Waals surface area contributed by atoms with E-state index in [0.717, 1.165) is 132 Å². The van der Waals surface area contributed by atoms with Gasteiger partial charge in [0, 0.05) is 43.9 Å². The molecular weight excluding hydrogens is 905 g/mol. The molecule has 0 heterocycles. The lowest BCUT2D eigenvalue weighted by atomic mass is 9.47. The summed E-state index contributed by atoms with van der Waals surface area (Å²) in [5, 5.41) is 0. The molecule has 4 rings (SSSR count). The largest absolute Gasteiger partial charge is 0.462 e. The van der Waals surface area contributed by atoms with Crippen molar-refractivity contribution in [1.29, 1.82) is 0 Å². The van der Waals surface area contributed by atoms with Crippen molar-refractivity contribution in [2.75, 3.05) is 45.2 Å². The van der Waals surface area contributed by atoms with Crippen molar-refractivity contribution < 1.29 is 23.9 Å². The molecule has 4 aliphatic carbocycles. The van der Waals surface area contributed by atoms with E-state index >= 15 is 0 Å². The van der Waals surface area contributed by atoms with Gasteiger partial charge in [-0.15, -0.1) is 0 Å². The summed E-state index contributed by atoms with van der Waals surface area (Å²) in [6.45, 7) is 19.5. The minimum atomic E-state index is -0.0657. The van der Waals surface area contributed by atoms with Gasteiger partial charge in [-0.3, -0.25) is 14.4 Å². The predicted octanol–water partition coefficient (Wildman–Crippen LogP) is 16.9. The van der Waals surface area contributed by atoms with Crippen LogP contribution in [-0.4, -0.2) is 85.1 Å². The van der Waals surface area contributed by atoms with E-state index < -0.39 is 0 Å². The van der Waals surface area contributed by atoms with Crippen LogP contribution in [0.1, 0.15) is 254 Å². The minimum absolute atomic E-state index is 0.0150. The first kappa shape index (κ1) is 61.4. The maximum Gasteiger partial charge on any atom is 0.306 e. The van der Waals surface area contributed by atoms with Gasteiger partial charge in [-0.25, -0.2) is 0 Å². The van der Waals surface area contributed by atoms with Crippen molar-refractivity contribution in [2.24, 2.45) is 46.3 Å². The smallest absolute Gasteiger partial charge is 0.306 e. The predicted molar refractivity (Wildman–Crippen MR) is 301 cm³/mol. The van der Waals surface area contributed by atoms with Crippen molar-refractivity contribution >= 4 is 39.4 Å². The van der Waals surface area contributed by atoms with Crippen molar-refractivity contribution in [1.82, 2.24) is 9.80 Å². The van der Waals surface area contributed by atoms with Crippen molar-refractivity contribution in [3.63, 3.8) is 0 Å². The van der Waals surface area contributed by atoms with E-state index in [-0.39, 0.29) is 35.5 Å². The summed E-state index contributed by atoms with van der Waals surface area (Å²) in [4.78, 5) is 43.8. The Balaban J connectivity index is 1.12. The average Bonchev–Trinajstić information content (AvgIpc) is 3.68. The topological polar surface area (TPSA) is 76.2 Å². The van der Waals surface area contributed by atoms with Gasteiger partial charge in [0.05, 0.1) is 6.42 Å². The van der Waals surface area contributed by atoms with Crippen LogP contribution in [0.4, 0.5) is 0 Å². The Kier molecular flexibility index (Phi) is 29.5. The van der Waals surface area contributed by atoms with Crippen LogP contribution in [0.15, 0.2) is 11.6 Å². The van der Waals surface area contributed by atoms with Gasteiger partial charge in [-0.1, -0.05) is 172 Å². The van der Waals surface area contributed by atoms with Crippen molar-refractivity contribution in [2.45, 2.75) is 266 Å². The third kappa shape index (κ3) is 20.8. The molecule has 3 saturated carbocycles. The molecule has 3 fully saturated rings. The number of ether oxygens (including phenoxy) is 2. The van der Waals surface area contributed by atoms with Crippen molar-refractivity contribution in [3.05, 3.63) is 11.6 Å². The van der Waals surface area contributed by atoms with Crippen LogP contribution in [0.2, 0.25) is 0 Å². The number of carbonyl (C=O) groups excluding carboxylic acids is 3. The normalized spacial score (nSPS) is 25.7. The number of allylic oxidation sites excluding steroid dienone is 1. The molecule has 9 heteroatoms. The van der Waals surface area contributed by atoms with Crippen LogP contribution in [0, 0.1) is 46.3 Å². The van der Waals surface area contributed by atoms with Crippen LogP contribution >= 0.6 is 21.6 Å². The molecule has 70 heavy (non-hydrogen) atoms. The van der Waals surface area contributed by atoms with Gasteiger partial charge in [0.2, 0.25) is 5.91 Å². The summed E-state index contributed by atoms with van der Waals surface area (Å²) < 4.78 is 12.3. The fourth-order valence-electron chi connectivity index (χ4n) is 14.0. The van der Waals surface area contributed by atoms with Crippen LogP contribution in [-0.2, 0) is 23.9 Å². The van der Waals surface area contributed by atoms with E-state index in [1.807, 2.05) is 4.90 Å². The Bertz CT molecular complexity index is 1490. The monoisotopic (exact) mass is 1010 g/mol. The van der Waals surface area contributed by atoms with E-state index in [1.165, 1.54) is 116 Å². The van der Waals surface area contributed by atoms with Crippen LogP contribution < -0.4 is 0 Å². The molecular formula is C61H110N2O5S2. The molecule has 0 saturated heterocycles. The molecule has 406 valence electrons. The number of fused-ring (bicyclic) bond motifs is 5. The Morgan fingerprint density at radius 3 is 1.97 bits per heavy atom. The lowest BCUT2D eigenvalue weighted by molar-refractivity contribution is -0.152. The molecule has 0 spiro atoms. The van der Waals surface area contributed by atoms with E-state index in [1.54, 1.807) is 27.2 Å². The van der Waals surface area contributed by atoms with Gasteiger partial charge in [0.25, 0.3) is 0 Å². The van der Waals surface area contributed by atoms with Gasteiger partial charge >= 0.3 is 11.9 Å². The highest BCUT2D eigenvalue weighted by Crippen LogP contribution is 2.67. The zero-order chi connectivity index (χ0) is 50.8. The molecule has 0 radical (unpaired) electrons. The van der Waals surface area contributed by atoms with E-state index in [0.29, 0.717) is 30.4 Å². The molecule has 8 atom stereocenters. The SMILES string of the molecule is CCCCCCCCC(CCCCCCCC)OC(=O)CCSSCCC(=O)N(CCCCCC(=O)OC1CCC2(C)C(=CCC3C2CCC2(C)C(C(C)CCCC(C)C)CCC32)C1)CCCN(C)C. The fourth-order valence-corrected chi connectivity index (χ4v) is 16.0. The Morgan fingerprint density at radius 1 is 0.657 bits per heavy atom. The van der Waals surface area contributed by atoms with Crippen molar-refractivity contribution in [3.8, 4) is 0 Å². The number of carbonyl (C=O) groups is 3. The van der Waals surface area contributed by atoms with Crippen LogP contribution in [0.3, 0.4) is 0 Å². The van der Waals surface area contributed by atoms with Gasteiger partial charge in [-0.05, 0) is 157 Å². The molecule has 0 aromatic heterocycles. The summed E-state index contributed by atoms with van der Waals surface area (Å²) in [6, 6.07) is 0. The molecule has 7 nitrogen and oxygen atoms in total. The summed E-state index contributed by atoms with van der Waals surface area (Å²) in [6.07, 6.45) is 38.9. The number of hydrogen-bond acceptors (Lipinski definition) is 8. The maximum absolute atomic E-state index is 13.5. The lowest BCUT2D eigenvalue weighted by Crippen LogP contribution is -2.51. The molecule has 1 amide bonds. The number of esters is 2. The highest BCUT2D eigenvalue weighted by atomic mass is 33.1. The quantitative estimate of drug-likeness (QED) is 0.0262. The number of unbranched alkanes of at least 4 members (excludes halogenated alkanes) is 12. The zero-order valence-electron chi connectivity index (χ0n) is 47.1. The molecule has 0 aliphatic heterocycles. The Labute approximate surface area is 440 Å². The number of amides is 1. The first-order valence-electron chi connectivity index (χ1n) is 30.0. The van der Waals surface area contributed by atoms with E-state index in [2.05, 4.69) is 73.5 Å². The second-order valence-corrected chi connectivity index (χ2v) is 27.1. The highest BCUT2D eigenvalue weighted by Gasteiger charge is 2.59. The summed E-state index contributed by atoms with van der Waals surface area (Å²) in [5.74, 6) is 6.57. The first-order valence-corrected chi connectivity index (χ1v) is 32.5. The second kappa shape index (κ2) is 33.7. The third-order valence-corrected chi connectivity index (χ3v) is 20.6. The van der Waals surface area contributed by atoms with Gasteiger partial charge < -0.3 is 19.3 Å². The molecule has 0 aromatic rings. The van der Waals surface area contributed by atoms with E-state index in [9.17, 15) is 14.4 Å². The first-order chi connectivity index (χ1) is 33.7. The summed E-state index contributed by atoms with van der Waals surface area (Å²) >= 11 is 0. The summed E-state index contributed by atoms with van der Waals surface area (Å²) in [5.41, 5.74) is 2.37. The highest BCUT2D eigenvalue weighted by molar-refractivity contribution is 8.76. The number of rotatable bonds is 38. The number of hydrogen-bond donors (Lipinski definition) is 0. The Morgan fingerprint density at radius 2 is 1.30 bits per heavy atom. The molecule has 4 aliphatic rings. The molecule has 0 bridgehead atoms. The van der Waals surface area contributed by atoms with Crippen LogP contribution in [0.25, 0.3) is 0 Å². The van der Waals surface area contributed by atoms with Gasteiger partial charge in [0.15, 0.2) is 0 Å². The average molecular weight is 1020 g/mol. The third-order valence-electron chi connectivity index (χ3n) is 18.2. The molecule has 8 unspecified atom stereocenters. The second-order valence-electron chi connectivity index (χ2n) is 24.4. The zero-order valence-corrected chi connectivity index (χ0v) is 48.7. The lowest BCUT2D eigenvalue weighted by Gasteiger charge is -2.58.